The number of hydrogen-bond donors (Lipinski definition) is 2. The molecule has 0 unspecified atom stereocenters. The molecular weight excluding hydrogens is 314 g/mol. The molecule has 0 aliphatic carbocycles. The molecule has 3 N–H and O–H groups in total. The number of nitrogen functional groups attached to an aromatic ring is 1. The minimum absolute atomic E-state index is 0.434. The second-order valence-electron chi connectivity index (χ2n) is 3.66. The number of halogens is 6. The molecule has 0 amide bonds. The third-order valence-corrected chi connectivity index (χ3v) is 3.62. The fourth-order valence-electron chi connectivity index (χ4n) is 1.10. The van der Waals surface area contributed by atoms with Crippen molar-refractivity contribution in [1.29, 1.82) is 0 Å². The van der Waals surface area contributed by atoms with Crippen molar-refractivity contribution < 1.29 is 34.8 Å². The van der Waals surface area contributed by atoms with E-state index >= 15 is 0 Å². The molecule has 0 saturated carbocycles. The Bertz CT molecular complexity index is 605. The highest BCUT2D eigenvalue weighted by Gasteiger charge is 2.42. The van der Waals surface area contributed by atoms with Gasteiger partial charge in [-0.25, -0.2) is 30.7 Å². The monoisotopic (exact) mass is 322 g/mol. The Morgan fingerprint density at radius 2 is 1.80 bits per heavy atom. The van der Waals surface area contributed by atoms with Crippen molar-refractivity contribution in [2.75, 3.05) is 12.3 Å². The summed E-state index contributed by atoms with van der Waals surface area (Å²) in [4.78, 5) is -1.22. The molecule has 20 heavy (non-hydrogen) atoms. The number of alkyl halides is 4. The molecule has 0 heterocycles. The summed E-state index contributed by atoms with van der Waals surface area (Å²) in [5.74, 6) is -7.58. The Morgan fingerprint density at radius 1 is 1.25 bits per heavy atom. The van der Waals surface area contributed by atoms with Crippen molar-refractivity contribution in [2.45, 2.75) is 17.2 Å². The summed E-state index contributed by atoms with van der Waals surface area (Å²) in [5.41, 5.74) is 3.77. The number of benzene rings is 1. The lowest BCUT2D eigenvalue weighted by atomic mass is 10.3. The molecule has 0 aromatic heterocycles. The minimum Gasteiger partial charge on any atom is -0.394 e. The van der Waals surface area contributed by atoms with Crippen LogP contribution in [0.25, 0.3) is 0 Å². The lowest BCUT2D eigenvalue weighted by Crippen LogP contribution is -2.41. The van der Waals surface area contributed by atoms with Gasteiger partial charge < -0.3 is 5.73 Å². The second kappa shape index (κ2) is 5.48. The molecule has 4 nitrogen and oxygen atoms in total. The molecule has 1 rings (SSSR count). The van der Waals surface area contributed by atoms with Crippen LogP contribution in [0.15, 0.2) is 17.0 Å². The van der Waals surface area contributed by atoms with Crippen LogP contribution in [0.3, 0.4) is 0 Å². The summed E-state index contributed by atoms with van der Waals surface area (Å²) in [7, 11) is -4.88. The summed E-state index contributed by atoms with van der Waals surface area (Å²) in [5, 5.41) is 0. The molecule has 0 atom stereocenters. The van der Waals surface area contributed by atoms with Gasteiger partial charge in [0.05, 0.1) is 6.54 Å². The quantitative estimate of drug-likeness (QED) is 0.640. The first-order valence-corrected chi connectivity index (χ1v) is 6.36. The Kier molecular flexibility index (Phi) is 4.54. The van der Waals surface area contributed by atoms with Gasteiger partial charge in [0.2, 0.25) is 10.0 Å². The average Bonchev–Trinajstić information content (AvgIpc) is 2.33. The first kappa shape index (κ1) is 16.6. The van der Waals surface area contributed by atoms with Gasteiger partial charge in [-0.2, -0.15) is 8.78 Å². The van der Waals surface area contributed by atoms with Crippen molar-refractivity contribution in [2.24, 2.45) is 0 Å². The van der Waals surface area contributed by atoms with Crippen LogP contribution in [0.1, 0.15) is 0 Å². The third-order valence-electron chi connectivity index (χ3n) is 2.20. The van der Waals surface area contributed by atoms with Crippen molar-refractivity contribution in [1.82, 2.24) is 4.72 Å². The van der Waals surface area contributed by atoms with Gasteiger partial charge in [-0.3, -0.25) is 0 Å². The van der Waals surface area contributed by atoms with Crippen LogP contribution in [0.5, 0.6) is 0 Å². The molecule has 114 valence electrons. The van der Waals surface area contributed by atoms with E-state index in [9.17, 15) is 34.8 Å². The molecule has 1 aromatic rings. The van der Waals surface area contributed by atoms with E-state index < -0.39 is 51.1 Å². The molecule has 1 aromatic carbocycles. The van der Waals surface area contributed by atoms with Gasteiger partial charge in [0.1, 0.15) is 16.4 Å². The number of nitrogens with two attached hydrogens (primary N) is 1. The summed E-state index contributed by atoms with van der Waals surface area (Å²) >= 11 is 0. The summed E-state index contributed by atoms with van der Waals surface area (Å²) in [6.45, 7) is -1.94. The zero-order valence-electron chi connectivity index (χ0n) is 9.51. The number of anilines is 1. The molecule has 0 spiro atoms. The lowest BCUT2D eigenvalue weighted by Gasteiger charge is -2.16. The number of nitrogens with one attached hydrogen (secondary N) is 1. The van der Waals surface area contributed by atoms with Crippen molar-refractivity contribution in [3.63, 3.8) is 0 Å². The van der Waals surface area contributed by atoms with Crippen LogP contribution < -0.4 is 10.5 Å². The standard InChI is InChI=1S/C9H8F6N2O2S/c10-4-1-2-5(6(11)7(4)16)20(18,19)17-3-9(14,15)8(12)13/h1-2,8,17H,3,16H2. The predicted molar refractivity (Wildman–Crippen MR) is 56.9 cm³/mol. The Morgan fingerprint density at radius 3 is 2.30 bits per heavy atom. The smallest absolute Gasteiger partial charge is 0.320 e. The zero-order chi connectivity index (χ0) is 15.7. The van der Waals surface area contributed by atoms with E-state index in [1.54, 1.807) is 0 Å². The van der Waals surface area contributed by atoms with Crippen LogP contribution >= 0.6 is 0 Å². The van der Waals surface area contributed by atoms with E-state index in [0.717, 1.165) is 4.72 Å². The molecule has 0 fully saturated rings. The molecule has 0 bridgehead atoms. The van der Waals surface area contributed by atoms with Crippen molar-refractivity contribution >= 4 is 15.7 Å². The highest BCUT2D eigenvalue weighted by molar-refractivity contribution is 7.89. The first-order chi connectivity index (χ1) is 8.99. The fraction of sp³-hybridized carbons (Fsp3) is 0.333. The summed E-state index contributed by atoms with van der Waals surface area (Å²) < 4.78 is 99.2. The maximum atomic E-state index is 13.4. The van der Waals surface area contributed by atoms with Gasteiger partial charge in [0.25, 0.3) is 0 Å². The van der Waals surface area contributed by atoms with E-state index in [2.05, 4.69) is 0 Å². The normalized spacial score (nSPS) is 12.9. The van der Waals surface area contributed by atoms with E-state index in [4.69, 9.17) is 5.73 Å². The molecular formula is C9H8F6N2O2S. The second-order valence-corrected chi connectivity index (χ2v) is 5.39. The number of sulfonamides is 1. The predicted octanol–water partition coefficient (Wildman–Crippen LogP) is 1.73. The van der Waals surface area contributed by atoms with Crippen LogP contribution in [-0.4, -0.2) is 27.3 Å². The molecule has 11 heteroatoms. The number of rotatable bonds is 5. The highest BCUT2D eigenvalue weighted by atomic mass is 32.2. The maximum absolute atomic E-state index is 13.4. The SMILES string of the molecule is Nc1c(F)ccc(S(=O)(=O)NCC(F)(F)C(F)F)c1F. The van der Waals surface area contributed by atoms with Crippen LogP contribution in [0.4, 0.5) is 32.0 Å². The van der Waals surface area contributed by atoms with Gasteiger partial charge in [0.15, 0.2) is 5.82 Å². The fourth-order valence-corrected chi connectivity index (χ4v) is 2.23. The van der Waals surface area contributed by atoms with E-state index in [1.165, 1.54) is 0 Å². The molecule has 0 aliphatic rings. The topological polar surface area (TPSA) is 72.2 Å². The number of hydrogen-bond acceptors (Lipinski definition) is 3. The summed E-state index contributed by atoms with van der Waals surface area (Å²) in [6, 6.07) is 0.933. The van der Waals surface area contributed by atoms with Crippen molar-refractivity contribution in [3.05, 3.63) is 23.8 Å². The van der Waals surface area contributed by atoms with E-state index in [1.807, 2.05) is 0 Å². The Hall–Kier alpha value is -1.49. The van der Waals surface area contributed by atoms with Crippen LogP contribution in [0.2, 0.25) is 0 Å². The van der Waals surface area contributed by atoms with Gasteiger partial charge >= 0.3 is 12.3 Å². The van der Waals surface area contributed by atoms with Gasteiger partial charge in [-0.05, 0) is 12.1 Å². The largest absolute Gasteiger partial charge is 0.394 e. The minimum atomic E-state index is -4.88. The molecule has 0 aliphatic heterocycles. The Labute approximate surface area is 109 Å². The van der Waals surface area contributed by atoms with E-state index in [-0.39, 0.29) is 0 Å². The van der Waals surface area contributed by atoms with Gasteiger partial charge in [-0.15, -0.1) is 0 Å². The zero-order valence-corrected chi connectivity index (χ0v) is 10.3. The van der Waals surface area contributed by atoms with Crippen LogP contribution in [-0.2, 0) is 10.0 Å². The van der Waals surface area contributed by atoms with Gasteiger partial charge in [0, 0.05) is 0 Å². The highest BCUT2D eigenvalue weighted by Crippen LogP contribution is 2.25. The van der Waals surface area contributed by atoms with Gasteiger partial charge in [-0.1, -0.05) is 0 Å². The van der Waals surface area contributed by atoms with Crippen molar-refractivity contribution in [3.8, 4) is 0 Å². The first-order valence-electron chi connectivity index (χ1n) is 4.88. The van der Waals surface area contributed by atoms with E-state index in [0.29, 0.717) is 12.1 Å². The van der Waals surface area contributed by atoms with Crippen LogP contribution in [0, 0.1) is 11.6 Å². The maximum Gasteiger partial charge on any atom is 0.320 e. The Balaban J connectivity index is 3.05. The lowest BCUT2D eigenvalue weighted by molar-refractivity contribution is -0.122. The molecule has 0 radical (unpaired) electrons. The summed E-state index contributed by atoms with van der Waals surface area (Å²) in [6.07, 6.45) is -4.10. The average molecular weight is 322 g/mol. The third kappa shape index (κ3) is 3.33. The molecule has 0 saturated heterocycles.